The molecule has 0 radical (unpaired) electrons. The maximum Gasteiger partial charge on any atom is 0.110 e. The van der Waals surface area contributed by atoms with Crippen LogP contribution in [0.5, 0.6) is 0 Å². The van der Waals surface area contributed by atoms with Gasteiger partial charge in [-0.2, -0.15) is 0 Å². The summed E-state index contributed by atoms with van der Waals surface area (Å²) in [6, 6.07) is 9.23. The molecule has 2 rings (SSSR count). The van der Waals surface area contributed by atoms with E-state index in [1.165, 1.54) is 11.1 Å². The fourth-order valence-electron chi connectivity index (χ4n) is 2.31. The second-order valence-corrected chi connectivity index (χ2v) is 4.99. The molecule has 1 aromatic rings. The lowest BCUT2D eigenvalue weighted by Crippen LogP contribution is -2.31. The molecule has 2 unspecified atom stereocenters. The number of hydrogen-bond acceptors (Lipinski definition) is 2. The van der Waals surface area contributed by atoms with Crippen molar-refractivity contribution in [2.45, 2.75) is 45.3 Å². The largest absolute Gasteiger partial charge is 0.497 e. The number of hydrogen-bond donors (Lipinski definition) is 1. The summed E-state index contributed by atoms with van der Waals surface area (Å²) >= 11 is 0. The Morgan fingerprint density at radius 1 is 1.33 bits per heavy atom. The predicted octanol–water partition coefficient (Wildman–Crippen LogP) is 3.73. The molecular formula is C16H23NO. The topological polar surface area (TPSA) is 21.3 Å². The smallest absolute Gasteiger partial charge is 0.110 e. The van der Waals surface area contributed by atoms with Crippen LogP contribution in [0.15, 0.2) is 36.6 Å². The average molecular weight is 245 g/mol. The molecule has 1 aliphatic heterocycles. The molecule has 0 fully saturated rings. The number of ether oxygens (including phenoxy) is 1. The van der Waals surface area contributed by atoms with Gasteiger partial charge in [0.15, 0.2) is 0 Å². The minimum atomic E-state index is 0.328. The lowest BCUT2D eigenvalue weighted by molar-refractivity contribution is 0.119. The summed E-state index contributed by atoms with van der Waals surface area (Å²) in [4.78, 5) is 0. The SMILES string of the molecule is CCC(NCC1CCC=CO1)c1ccc(C)cc1. The van der Waals surface area contributed by atoms with Crippen LogP contribution < -0.4 is 5.32 Å². The number of nitrogens with one attached hydrogen (secondary N) is 1. The predicted molar refractivity (Wildman–Crippen MR) is 75.5 cm³/mol. The first-order valence-corrected chi connectivity index (χ1v) is 6.90. The molecule has 2 nitrogen and oxygen atoms in total. The van der Waals surface area contributed by atoms with Crippen LogP contribution in [0.2, 0.25) is 0 Å². The van der Waals surface area contributed by atoms with Crippen molar-refractivity contribution in [1.29, 1.82) is 0 Å². The van der Waals surface area contributed by atoms with Crippen LogP contribution in [0.4, 0.5) is 0 Å². The lowest BCUT2D eigenvalue weighted by atomic mass is 10.0. The molecule has 0 spiro atoms. The van der Waals surface area contributed by atoms with Gasteiger partial charge in [-0.1, -0.05) is 36.8 Å². The maximum absolute atomic E-state index is 5.58. The normalized spacial score (nSPS) is 20.4. The van der Waals surface area contributed by atoms with E-state index in [0.717, 1.165) is 25.8 Å². The Morgan fingerprint density at radius 2 is 2.11 bits per heavy atom. The van der Waals surface area contributed by atoms with Crippen molar-refractivity contribution in [3.63, 3.8) is 0 Å². The fraction of sp³-hybridized carbons (Fsp3) is 0.500. The van der Waals surface area contributed by atoms with Gasteiger partial charge in [0.25, 0.3) is 0 Å². The Hall–Kier alpha value is -1.28. The van der Waals surface area contributed by atoms with E-state index in [2.05, 4.69) is 49.5 Å². The monoisotopic (exact) mass is 245 g/mol. The molecule has 0 saturated carbocycles. The fourth-order valence-corrected chi connectivity index (χ4v) is 2.31. The quantitative estimate of drug-likeness (QED) is 0.853. The molecule has 98 valence electrons. The third-order valence-corrected chi connectivity index (χ3v) is 3.50. The first-order valence-electron chi connectivity index (χ1n) is 6.90. The molecular weight excluding hydrogens is 222 g/mol. The van der Waals surface area contributed by atoms with Gasteiger partial charge in [0.2, 0.25) is 0 Å². The molecule has 1 aliphatic rings. The van der Waals surface area contributed by atoms with E-state index in [1.807, 2.05) is 6.26 Å². The van der Waals surface area contributed by atoms with Crippen LogP contribution in [0, 0.1) is 6.92 Å². The van der Waals surface area contributed by atoms with Crippen LogP contribution in [-0.2, 0) is 4.74 Å². The molecule has 2 atom stereocenters. The van der Waals surface area contributed by atoms with Crippen molar-refractivity contribution < 1.29 is 4.74 Å². The summed E-state index contributed by atoms with van der Waals surface area (Å²) in [6.45, 7) is 5.27. The van der Waals surface area contributed by atoms with Gasteiger partial charge in [-0.3, -0.25) is 0 Å². The zero-order valence-corrected chi connectivity index (χ0v) is 11.4. The highest BCUT2D eigenvalue weighted by Gasteiger charge is 2.14. The van der Waals surface area contributed by atoms with Crippen molar-refractivity contribution >= 4 is 0 Å². The summed E-state index contributed by atoms with van der Waals surface area (Å²) in [5, 5.41) is 3.62. The molecule has 0 bridgehead atoms. The summed E-state index contributed by atoms with van der Waals surface area (Å²) in [5.74, 6) is 0. The third-order valence-electron chi connectivity index (χ3n) is 3.50. The summed E-state index contributed by atoms with van der Waals surface area (Å²) < 4.78 is 5.58. The lowest BCUT2D eigenvalue weighted by Gasteiger charge is -2.24. The van der Waals surface area contributed by atoms with Crippen molar-refractivity contribution in [1.82, 2.24) is 5.32 Å². The average Bonchev–Trinajstić information content (AvgIpc) is 2.42. The second-order valence-electron chi connectivity index (χ2n) is 4.99. The Bertz CT molecular complexity index is 383. The van der Waals surface area contributed by atoms with Gasteiger partial charge >= 0.3 is 0 Å². The third kappa shape index (κ3) is 3.61. The van der Waals surface area contributed by atoms with Gasteiger partial charge in [0.1, 0.15) is 6.10 Å². The molecule has 0 amide bonds. The summed E-state index contributed by atoms with van der Waals surface area (Å²) in [5.41, 5.74) is 2.68. The van der Waals surface area contributed by atoms with Crippen LogP contribution in [0.3, 0.4) is 0 Å². The first-order chi connectivity index (χ1) is 8.79. The van der Waals surface area contributed by atoms with Crippen LogP contribution in [0.25, 0.3) is 0 Å². The van der Waals surface area contributed by atoms with E-state index in [9.17, 15) is 0 Å². The highest BCUT2D eigenvalue weighted by molar-refractivity contribution is 5.24. The molecule has 0 aliphatic carbocycles. The standard InChI is InChI=1S/C16H23NO/c1-3-16(14-9-7-13(2)8-10-14)17-12-15-6-4-5-11-18-15/h5,7-11,15-17H,3-4,6,12H2,1-2H3. The highest BCUT2D eigenvalue weighted by atomic mass is 16.5. The molecule has 1 heterocycles. The first kappa shape index (κ1) is 13.2. The zero-order valence-electron chi connectivity index (χ0n) is 11.4. The van der Waals surface area contributed by atoms with Gasteiger partial charge in [-0.05, 0) is 37.8 Å². The van der Waals surface area contributed by atoms with E-state index in [-0.39, 0.29) is 0 Å². The highest BCUT2D eigenvalue weighted by Crippen LogP contribution is 2.18. The maximum atomic E-state index is 5.58. The van der Waals surface area contributed by atoms with Crippen molar-refractivity contribution in [2.24, 2.45) is 0 Å². The van der Waals surface area contributed by atoms with E-state index in [1.54, 1.807) is 0 Å². The van der Waals surface area contributed by atoms with Crippen molar-refractivity contribution in [3.05, 3.63) is 47.7 Å². The van der Waals surface area contributed by atoms with Crippen LogP contribution in [0.1, 0.15) is 43.4 Å². The van der Waals surface area contributed by atoms with Gasteiger partial charge in [-0.15, -0.1) is 0 Å². The number of benzene rings is 1. The molecule has 2 heteroatoms. The van der Waals surface area contributed by atoms with Gasteiger partial charge < -0.3 is 10.1 Å². The Labute approximate surface area is 110 Å². The number of allylic oxidation sites excluding steroid dienone is 1. The Balaban J connectivity index is 1.88. The Morgan fingerprint density at radius 3 is 2.72 bits per heavy atom. The van der Waals surface area contributed by atoms with Gasteiger partial charge in [0.05, 0.1) is 6.26 Å². The summed E-state index contributed by atoms with van der Waals surface area (Å²) in [6.07, 6.45) is 7.61. The summed E-state index contributed by atoms with van der Waals surface area (Å²) in [7, 11) is 0. The Kier molecular flexibility index (Phi) is 4.82. The van der Waals surface area contributed by atoms with E-state index >= 15 is 0 Å². The van der Waals surface area contributed by atoms with Crippen molar-refractivity contribution in [2.75, 3.05) is 6.54 Å². The molecule has 18 heavy (non-hydrogen) atoms. The minimum absolute atomic E-state index is 0.328. The van der Waals surface area contributed by atoms with E-state index in [0.29, 0.717) is 12.1 Å². The van der Waals surface area contributed by atoms with Gasteiger partial charge in [0, 0.05) is 12.6 Å². The molecule has 1 aromatic carbocycles. The molecule has 0 aromatic heterocycles. The number of aryl methyl sites for hydroxylation is 1. The molecule has 0 saturated heterocycles. The molecule has 1 N–H and O–H groups in total. The van der Waals surface area contributed by atoms with Crippen LogP contribution >= 0.6 is 0 Å². The van der Waals surface area contributed by atoms with Crippen molar-refractivity contribution in [3.8, 4) is 0 Å². The van der Waals surface area contributed by atoms with Crippen LogP contribution in [-0.4, -0.2) is 12.6 Å². The van der Waals surface area contributed by atoms with E-state index in [4.69, 9.17) is 4.74 Å². The van der Waals surface area contributed by atoms with Gasteiger partial charge in [-0.25, -0.2) is 0 Å². The zero-order chi connectivity index (χ0) is 12.8. The second kappa shape index (κ2) is 6.60. The number of rotatable bonds is 5. The minimum Gasteiger partial charge on any atom is -0.497 e. The van der Waals surface area contributed by atoms with E-state index < -0.39 is 0 Å².